The highest BCUT2D eigenvalue weighted by Crippen LogP contribution is 2.33. The van der Waals surface area contributed by atoms with Crippen LogP contribution in [0.2, 0.25) is 0 Å². The van der Waals surface area contributed by atoms with Crippen molar-refractivity contribution in [2.24, 2.45) is 0 Å². The number of nitrogens with zero attached hydrogens (tertiary/aromatic N) is 2. The van der Waals surface area contributed by atoms with Gasteiger partial charge in [0.25, 0.3) is 5.91 Å². The van der Waals surface area contributed by atoms with Gasteiger partial charge >= 0.3 is 12.5 Å². The molecule has 1 rings (SSSR count). The highest BCUT2D eigenvalue weighted by molar-refractivity contribution is 5.94. The summed E-state index contributed by atoms with van der Waals surface area (Å²) in [4.78, 5) is 10.2. The third kappa shape index (κ3) is 2.93. The molecule has 1 aromatic rings. The van der Waals surface area contributed by atoms with Crippen LogP contribution in [-0.2, 0) is 0 Å². The average molecular weight is 275 g/mol. The lowest BCUT2D eigenvalue weighted by Crippen LogP contribution is -2.54. The van der Waals surface area contributed by atoms with Crippen LogP contribution in [0.15, 0.2) is 12.4 Å². The van der Waals surface area contributed by atoms with Gasteiger partial charge in [0.1, 0.15) is 6.04 Å². The second-order valence-electron chi connectivity index (χ2n) is 3.35. The molecule has 0 aliphatic rings. The Labute approximate surface area is 96.6 Å². The standard InChI is InChI=1S/C8H7F6N3O/c1-4(7(9,10)11)17(8(12,13)14)6(18)5-2-15-16-3-5/h2-4H,1H3,(H,15,16). The summed E-state index contributed by atoms with van der Waals surface area (Å²) >= 11 is 0. The maximum absolute atomic E-state index is 12.5. The average Bonchev–Trinajstić information content (AvgIpc) is 2.66. The molecule has 0 aromatic carbocycles. The molecule has 4 nitrogen and oxygen atoms in total. The number of halogens is 6. The van der Waals surface area contributed by atoms with Crippen molar-refractivity contribution in [3.63, 3.8) is 0 Å². The molecular formula is C8H7F6N3O. The molecule has 1 N–H and O–H groups in total. The fraction of sp³-hybridized carbons (Fsp3) is 0.500. The van der Waals surface area contributed by atoms with Gasteiger partial charge in [0.15, 0.2) is 0 Å². The second kappa shape index (κ2) is 4.50. The summed E-state index contributed by atoms with van der Waals surface area (Å²) in [5.74, 6) is -1.82. The van der Waals surface area contributed by atoms with E-state index in [0.29, 0.717) is 6.20 Å². The minimum Gasteiger partial charge on any atom is -0.285 e. The van der Waals surface area contributed by atoms with E-state index in [2.05, 4.69) is 5.10 Å². The number of hydrogen-bond acceptors (Lipinski definition) is 2. The minimum atomic E-state index is -5.44. The van der Waals surface area contributed by atoms with Gasteiger partial charge in [-0.25, -0.2) is 4.90 Å². The number of hydrogen-bond donors (Lipinski definition) is 1. The van der Waals surface area contributed by atoms with E-state index in [4.69, 9.17) is 0 Å². The summed E-state index contributed by atoms with van der Waals surface area (Å²) in [6, 6.07) is -2.99. The third-order valence-corrected chi connectivity index (χ3v) is 2.10. The Bertz CT molecular complexity index is 409. The number of alkyl halides is 6. The van der Waals surface area contributed by atoms with Gasteiger partial charge in [-0.15, -0.1) is 13.2 Å². The topological polar surface area (TPSA) is 49.0 Å². The lowest BCUT2D eigenvalue weighted by atomic mass is 10.2. The molecule has 1 atom stereocenters. The van der Waals surface area contributed by atoms with Gasteiger partial charge < -0.3 is 0 Å². The Morgan fingerprint density at radius 1 is 1.33 bits per heavy atom. The van der Waals surface area contributed by atoms with Crippen molar-refractivity contribution in [1.82, 2.24) is 15.1 Å². The summed E-state index contributed by atoms with van der Waals surface area (Å²) < 4.78 is 74.5. The number of aromatic amines is 1. The van der Waals surface area contributed by atoms with Crippen LogP contribution in [0, 0.1) is 0 Å². The number of nitrogens with one attached hydrogen (secondary N) is 1. The van der Waals surface area contributed by atoms with Crippen molar-refractivity contribution in [2.45, 2.75) is 25.4 Å². The van der Waals surface area contributed by atoms with Gasteiger partial charge in [-0.2, -0.15) is 18.3 Å². The third-order valence-electron chi connectivity index (χ3n) is 2.10. The molecule has 18 heavy (non-hydrogen) atoms. The van der Waals surface area contributed by atoms with Gasteiger partial charge in [0.05, 0.1) is 11.8 Å². The van der Waals surface area contributed by atoms with Gasteiger partial charge in [-0.05, 0) is 6.92 Å². The molecule has 0 saturated heterocycles. The molecule has 0 saturated carbocycles. The molecule has 1 heterocycles. The number of amides is 1. The van der Waals surface area contributed by atoms with Crippen LogP contribution >= 0.6 is 0 Å². The van der Waals surface area contributed by atoms with Crippen molar-refractivity contribution in [1.29, 1.82) is 0 Å². The van der Waals surface area contributed by atoms with Crippen LogP contribution in [0.1, 0.15) is 17.3 Å². The molecule has 0 spiro atoms. The van der Waals surface area contributed by atoms with Gasteiger partial charge in [-0.1, -0.05) is 0 Å². The summed E-state index contributed by atoms with van der Waals surface area (Å²) in [5, 5.41) is 5.26. The maximum atomic E-state index is 12.5. The van der Waals surface area contributed by atoms with Crippen molar-refractivity contribution in [3.8, 4) is 0 Å². The first-order valence-corrected chi connectivity index (χ1v) is 4.51. The predicted octanol–water partition coefficient (Wildman–Crippen LogP) is 2.32. The van der Waals surface area contributed by atoms with E-state index in [1.807, 2.05) is 5.10 Å². The van der Waals surface area contributed by atoms with E-state index in [9.17, 15) is 31.1 Å². The highest BCUT2D eigenvalue weighted by atomic mass is 19.4. The summed E-state index contributed by atoms with van der Waals surface area (Å²) in [6.45, 7) is 0.255. The first-order valence-electron chi connectivity index (χ1n) is 4.51. The van der Waals surface area contributed by atoms with E-state index in [1.165, 1.54) is 0 Å². The maximum Gasteiger partial charge on any atom is 0.487 e. The van der Waals surface area contributed by atoms with Crippen LogP contribution in [0.25, 0.3) is 0 Å². The first-order chi connectivity index (χ1) is 8.05. The van der Waals surface area contributed by atoms with Gasteiger partial charge in [0, 0.05) is 6.20 Å². The van der Waals surface area contributed by atoms with Gasteiger partial charge in [-0.3, -0.25) is 9.89 Å². The molecular weight excluding hydrogens is 268 g/mol. The largest absolute Gasteiger partial charge is 0.487 e. The van der Waals surface area contributed by atoms with E-state index >= 15 is 0 Å². The quantitative estimate of drug-likeness (QED) is 0.665. The van der Waals surface area contributed by atoms with Crippen LogP contribution in [0.4, 0.5) is 26.3 Å². The fourth-order valence-electron chi connectivity index (χ4n) is 1.16. The fourth-order valence-corrected chi connectivity index (χ4v) is 1.16. The zero-order valence-corrected chi connectivity index (χ0v) is 8.80. The number of rotatable bonds is 2. The lowest BCUT2D eigenvalue weighted by molar-refractivity contribution is -0.277. The monoisotopic (exact) mass is 275 g/mol. The minimum absolute atomic E-state index is 0.255. The molecule has 0 aliphatic heterocycles. The Balaban J connectivity index is 3.12. The summed E-state index contributed by atoms with van der Waals surface area (Å²) in [6.07, 6.45) is -9.13. The van der Waals surface area contributed by atoms with E-state index in [0.717, 1.165) is 6.20 Å². The van der Waals surface area contributed by atoms with Crippen molar-refractivity contribution in [3.05, 3.63) is 18.0 Å². The summed E-state index contributed by atoms with van der Waals surface area (Å²) in [5.41, 5.74) is -0.608. The van der Waals surface area contributed by atoms with Crippen molar-refractivity contribution in [2.75, 3.05) is 0 Å². The zero-order valence-electron chi connectivity index (χ0n) is 8.80. The molecule has 0 bridgehead atoms. The molecule has 10 heteroatoms. The number of carbonyl (C=O) groups excluding carboxylic acids is 1. The summed E-state index contributed by atoms with van der Waals surface area (Å²) in [7, 11) is 0. The number of H-pyrrole nitrogens is 1. The molecule has 1 unspecified atom stereocenters. The van der Waals surface area contributed by atoms with Crippen LogP contribution < -0.4 is 0 Å². The predicted molar refractivity (Wildman–Crippen MR) is 46.3 cm³/mol. The molecule has 1 aromatic heterocycles. The molecule has 1 amide bonds. The molecule has 0 fully saturated rings. The van der Waals surface area contributed by atoms with E-state index < -0.39 is 34.9 Å². The first kappa shape index (κ1) is 14.3. The zero-order chi connectivity index (χ0) is 14.1. The Hall–Kier alpha value is -1.74. The SMILES string of the molecule is CC(N(C(=O)c1cn[nH]c1)C(F)(F)F)C(F)(F)F. The molecule has 0 radical (unpaired) electrons. The molecule has 102 valence electrons. The van der Waals surface area contributed by atoms with Crippen LogP contribution in [0.3, 0.4) is 0 Å². The number of aromatic nitrogens is 2. The lowest BCUT2D eigenvalue weighted by Gasteiger charge is -2.31. The van der Waals surface area contributed by atoms with Crippen molar-refractivity contribution >= 4 is 5.91 Å². The van der Waals surface area contributed by atoms with Crippen LogP contribution in [-0.4, -0.2) is 39.5 Å². The molecule has 0 aliphatic carbocycles. The van der Waals surface area contributed by atoms with Gasteiger partial charge in [0.2, 0.25) is 0 Å². The second-order valence-corrected chi connectivity index (χ2v) is 3.35. The highest BCUT2D eigenvalue weighted by Gasteiger charge is 2.53. The normalized spacial score (nSPS) is 14.4. The van der Waals surface area contributed by atoms with E-state index in [-0.39, 0.29) is 6.92 Å². The Morgan fingerprint density at radius 3 is 2.22 bits per heavy atom. The van der Waals surface area contributed by atoms with E-state index in [1.54, 1.807) is 0 Å². The Kier molecular flexibility index (Phi) is 3.58. The van der Waals surface area contributed by atoms with Crippen LogP contribution in [0.5, 0.6) is 0 Å². The smallest absolute Gasteiger partial charge is 0.285 e. The Morgan fingerprint density at radius 2 is 1.89 bits per heavy atom. The number of carbonyl (C=O) groups is 1. The van der Waals surface area contributed by atoms with Crippen molar-refractivity contribution < 1.29 is 31.1 Å².